The molecule has 0 fully saturated rings. The predicted molar refractivity (Wildman–Crippen MR) is 78.2 cm³/mol. The molecule has 2 aromatic carbocycles. The molecule has 0 aromatic heterocycles. The Bertz CT molecular complexity index is 580. The molecule has 0 saturated carbocycles. The minimum atomic E-state index is 0.473. The number of aliphatic imine (C=N–C) groups is 1. The van der Waals surface area contributed by atoms with E-state index in [2.05, 4.69) is 29.5 Å². The molecule has 0 bridgehead atoms. The number of benzene rings is 2. The monoisotopic (exact) mass is 254 g/mol. The number of rotatable bonds is 2. The van der Waals surface area contributed by atoms with Gasteiger partial charge in [0, 0.05) is 5.56 Å². The number of hydrogen-bond acceptors (Lipinski definition) is 2. The van der Waals surface area contributed by atoms with Gasteiger partial charge in [0.15, 0.2) is 5.84 Å². The van der Waals surface area contributed by atoms with Crippen molar-refractivity contribution in [3.05, 3.63) is 64.7 Å². The second-order valence-electron chi connectivity index (χ2n) is 4.68. The number of amidine groups is 1. The lowest BCUT2D eigenvalue weighted by Crippen LogP contribution is -2.22. The van der Waals surface area contributed by atoms with Crippen LogP contribution in [-0.4, -0.2) is 11.0 Å². The number of hydroxylamine groups is 1. The first-order valence-electron chi connectivity index (χ1n) is 6.24. The molecule has 0 heterocycles. The van der Waals surface area contributed by atoms with Crippen LogP contribution >= 0.6 is 0 Å². The summed E-state index contributed by atoms with van der Waals surface area (Å²) in [5.74, 6) is 0.473. The maximum Gasteiger partial charge on any atom is 0.157 e. The summed E-state index contributed by atoms with van der Waals surface area (Å²) in [6.45, 7) is 6.10. The molecule has 3 nitrogen and oxygen atoms in total. The zero-order valence-electron chi connectivity index (χ0n) is 11.4. The molecule has 0 saturated heterocycles. The minimum absolute atomic E-state index is 0.473. The van der Waals surface area contributed by atoms with Crippen LogP contribution in [0.4, 0.5) is 5.69 Å². The summed E-state index contributed by atoms with van der Waals surface area (Å²) in [5.41, 5.74) is 7.35. The summed E-state index contributed by atoms with van der Waals surface area (Å²) in [6, 6.07) is 13.7. The molecule has 0 spiro atoms. The zero-order valence-corrected chi connectivity index (χ0v) is 11.4. The Kier molecular flexibility index (Phi) is 3.97. The number of nitrogens with one attached hydrogen (secondary N) is 1. The largest absolute Gasteiger partial charge is 0.290 e. The van der Waals surface area contributed by atoms with E-state index >= 15 is 0 Å². The summed E-state index contributed by atoms with van der Waals surface area (Å²) >= 11 is 0. The normalized spacial score (nSPS) is 11.5. The van der Waals surface area contributed by atoms with Crippen molar-refractivity contribution in [3.63, 3.8) is 0 Å². The lowest BCUT2D eigenvalue weighted by Gasteiger charge is -2.13. The van der Waals surface area contributed by atoms with E-state index in [1.54, 1.807) is 0 Å². The highest BCUT2D eigenvalue weighted by Crippen LogP contribution is 2.19. The molecule has 3 heteroatoms. The Morgan fingerprint density at radius 3 is 2.11 bits per heavy atom. The molecule has 0 atom stereocenters. The van der Waals surface area contributed by atoms with Crippen LogP contribution in [0.3, 0.4) is 0 Å². The fourth-order valence-corrected chi connectivity index (χ4v) is 2.32. The maximum absolute atomic E-state index is 9.38. The van der Waals surface area contributed by atoms with E-state index in [9.17, 15) is 5.21 Å². The Labute approximate surface area is 113 Å². The van der Waals surface area contributed by atoms with Gasteiger partial charge in [-0.25, -0.2) is 4.99 Å². The molecule has 2 rings (SSSR count). The van der Waals surface area contributed by atoms with Gasteiger partial charge in [-0.1, -0.05) is 35.9 Å². The lowest BCUT2D eigenvalue weighted by atomic mass is 9.99. The van der Waals surface area contributed by atoms with Crippen molar-refractivity contribution < 1.29 is 5.21 Å². The topological polar surface area (TPSA) is 44.6 Å². The quantitative estimate of drug-likeness (QED) is 0.488. The highest BCUT2D eigenvalue weighted by atomic mass is 16.5. The number of nitrogens with zero attached hydrogens (tertiary/aromatic N) is 1. The van der Waals surface area contributed by atoms with Gasteiger partial charge < -0.3 is 0 Å². The standard InChI is InChI=1S/C16H18N2O/c1-11-9-12(2)15(13(3)10-11)16(18-19)17-14-7-5-4-6-8-14/h4-10,19H,1-3H3,(H,17,18). The first-order chi connectivity index (χ1) is 9.11. The van der Waals surface area contributed by atoms with Crippen molar-refractivity contribution in [3.8, 4) is 0 Å². The van der Waals surface area contributed by atoms with Crippen molar-refractivity contribution >= 4 is 11.5 Å². The van der Waals surface area contributed by atoms with E-state index in [0.29, 0.717) is 5.84 Å². The summed E-state index contributed by atoms with van der Waals surface area (Å²) in [4.78, 5) is 4.45. The Morgan fingerprint density at radius 2 is 1.58 bits per heavy atom. The summed E-state index contributed by atoms with van der Waals surface area (Å²) in [6.07, 6.45) is 0. The SMILES string of the molecule is Cc1cc(C)c(C(=Nc2ccccc2)NO)c(C)c1. The highest BCUT2D eigenvalue weighted by molar-refractivity contribution is 6.02. The molecule has 19 heavy (non-hydrogen) atoms. The zero-order chi connectivity index (χ0) is 13.8. The van der Waals surface area contributed by atoms with Crippen LogP contribution in [0.5, 0.6) is 0 Å². The van der Waals surface area contributed by atoms with Crippen molar-refractivity contribution in [1.82, 2.24) is 5.48 Å². The minimum Gasteiger partial charge on any atom is -0.290 e. The molecule has 0 aliphatic rings. The van der Waals surface area contributed by atoms with E-state index in [1.165, 1.54) is 5.56 Å². The van der Waals surface area contributed by atoms with E-state index in [1.807, 2.05) is 44.2 Å². The molecule has 0 unspecified atom stereocenters. The van der Waals surface area contributed by atoms with Crippen LogP contribution in [0.1, 0.15) is 22.3 Å². The third kappa shape index (κ3) is 3.01. The van der Waals surface area contributed by atoms with Crippen LogP contribution in [0, 0.1) is 20.8 Å². The van der Waals surface area contributed by atoms with Crippen LogP contribution in [0.15, 0.2) is 47.5 Å². The second kappa shape index (κ2) is 5.67. The summed E-state index contributed by atoms with van der Waals surface area (Å²) in [5, 5.41) is 9.38. The van der Waals surface area contributed by atoms with Crippen molar-refractivity contribution in [1.29, 1.82) is 0 Å². The molecular formula is C16H18N2O. The van der Waals surface area contributed by atoms with Crippen molar-refractivity contribution in [2.75, 3.05) is 0 Å². The molecule has 0 amide bonds. The van der Waals surface area contributed by atoms with Crippen LogP contribution in [0.25, 0.3) is 0 Å². The first-order valence-corrected chi connectivity index (χ1v) is 6.24. The van der Waals surface area contributed by atoms with E-state index in [-0.39, 0.29) is 0 Å². The third-order valence-corrected chi connectivity index (χ3v) is 3.02. The first kappa shape index (κ1) is 13.3. The average Bonchev–Trinajstić information content (AvgIpc) is 2.37. The number of para-hydroxylation sites is 1. The van der Waals surface area contributed by atoms with Gasteiger partial charge in [0.2, 0.25) is 0 Å². The van der Waals surface area contributed by atoms with Gasteiger partial charge in [0.05, 0.1) is 5.69 Å². The Morgan fingerprint density at radius 1 is 1.00 bits per heavy atom. The lowest BCUT2D eigenvalue weighted by molar-refractivity contribution is 0.235. The Balaban J connectivity index is 2.52. The van der Waals surface area contributed by atoms with Crippen LogP contribution < -0.4 is 5.48 Å². The van der Waals surface area contributed by atoms with Crippen molar-refractivity contribution in [2.45, 2.75) is 20.8 Å². The summed E-state index contributed by atoms with van der Waals surface area (Å²) < 4.78 is 0. The van der Waals surface area contributed by atoms with E-state index < -0.39 is 0 Å². The fourth-order valence-electron chi connectivity index (χ4n) is 2.32. The van der Waals surface area contributed by atoms with Gasteiger partial charge in [-0.05, 0) is 44.0 Å². The Hall–Kier alpha value is -2.13. The van der Waals surface area contributed by atoms with Crippen molar-refractivity contribution in [2.24, 2.45) is 4.99 Å². The van der Waals surface area contributed by atoms with Crippen LogP contribution in [0.2, 0.25) is 0 Å². The predicted octanol–water partition coefficient (Wildman–Crippen LogP) is 3.67. The van der Waals surface area contributed by atoms with Gasteiger partial charge >= 0.3 is 0 Å². The number of hydrogen-bond donors (Lipinski definition) is 2. The van der Waals surface area contributed by atoms with E-state index in [4.69, 9.17) is 0 Å². The molecule has 0 radical (unpaired) electrons. The molecular weight excluding hydrogens is 236 g/mol. The molecule has 98 valence electrons. The van der Waals surface area contributed by atoms with Crippen LogP contribution in [-0.2, 0) is 0 Å². The molecule has 0 aliphatic heterocycles. The van der Waals surface area contributed by atoms with Gasteiger partial charge in [0.25, 0.3) is 0 Å². The molecule has 2 aromatic rings. The van der Waals surface area contributed by atoms with Gasteiger partial charge in [0.1, 0.15) is 0 Å². The van der Waals surface area contributed by atoms with Gasteiger partial charge in [-0.3, -0.25) is 10.7 Å². The summed E-state index contributed by atoms with van der Waals surface area (Å²) in [7, 11) is 0. The third-order valence-electron chi connectivity index (χ3n) is 3.02. The highest BCUT2D eigenvalue weighted by Gasteiger charge is 2.10. The van der Waals surface area contributed by atoms with E-state index in [0.717, 1.165) is 22.4 Å². The van der Waals surface area contributed by atoms with Gasteiger partial charge in [-0.2, -0.15) is 0 Å². The average molecular weight is 254 g/mol. The second-order valence-corrected chi connectivity index (χ2v) is 4.68. The maximum atomic E-state index is 9.38. The van der Waals surface area contributed by atoms with Gasteiger partial charge in [-0.15, -0.1) is 0 Å². The fraction of sp³-hybridized carbons (Fsp3) is 0.188. The smallest absolute Gasteiger partial charge is 0.157 e. The molecule has 2 N–H and O–H groups in total. The molecule has 0 aliphatic carbocycles. The number of aryl methyl sites for hydroxylation is 3.